The summed E-state index contributed by atoms with van der Waals surface area (Å²) in [7, 11) is 0. The van der Waals surface area contributed by atoms with Crippen LogP contribution in [0, 0.1) is 0 Å². The molecule has 0 unspecified atom stereocenters. The fraction of sp³-hybridized carbons (Fsp3) is 0. The Morgan fingerprint density at radius 3 is 3.08 bits per heavy atom. The number of carboxylic acids is 1. The van der Waals surface area contributed by atoms with E-state index in [1.807, 2.05) is 0 Å². The van der Waals surface area contributed by atoms with Gasteiger partial charge in [-0.2, -0.15) is 5.10 Å². The Labute approximate surface area is 67.4 Å². The molecular formula is C7H5N3O2. The number of rotatable bonds is 1. The molecule has 2 rings (SSSR count). The van der Waals surface area contributed by atoms with Crippen molar-refractivity contribution in [3.8, 4) is 11.4 Å². The van der Waals surface area contributed by atoms with Gasteiger partial charge in [0.1, 0.15) is 11.4 Å². The second-order valence-corrected chi connectivity index (χ2v) is 2.32. The van der Waals surface area contributed by atoms with Crippen molar-refractivity contribution in [2.75, 3.05) is 0 Å². The highest BCUT2D eigenvalue weighted by molar-refractivity contribution is 5.86. The highest BCUT2D eigenvalue weighted by Crippen LogP contribution is 2.14. The van der Waals surface area contributed by atoms with Gasteiger partial charge in [-0.05, 0) is 12.1 Å². The second kappa shape index (κ2) is 2.30. The van der Waals surface area contributed by atoms with Gasteiger partial charge in [0.15, 0.2) is 0 Å². The number of hydrogen-bond acceptors (Lipinski definition) is 3. The molecule has 0 aromatic rings. The summed E-state index contributed by atoms with van der Waals surface area (Å²) in [6.45, 7) is 0. The summed E-state index contributed by atoms with van der Waals surface area (Å²) in [5.74, 6) is -0.988. The number of aromatic amines is 1. The van der Waals surface area contributed by atoms with Gasteiger partial charge in [-0.15, -0.1) is 5.10 Å². The molecule has 0 aromatic heterocycles. The van der Waals surface area contributed by atoms with E-state index in [4.69, 9.17) is 5.11 Å². The molecule has 60 valence electrons. The number of aromatic nitrogens is 3. The van der Waals surface area contributed by atoms with Crippen LogP contribution in [0.15, 0.2) is 18.3 Å². The van der Waals surface area contributed by atoms with Crippen molar-refractivity contribution < 1.29 is 9.90 Å². The van der Waals surface area contributed by atoms with Crippen molar-refractivity contribution in [3.05, 3.63) is 24.0 Å². The molecular weight excluding hydrogens is 158 g/mol. The highest BCUT2D eigenvalue weighted by Gasteiger charge is 2.08. The minimum atomic E-state index is -0.988. The first kappa shape index (κ1) is 6.78. The van der Waals surface area contributed by atoms with E-state index in [-0.39, 0.29) is 5.69 Å². The van der Waals surface area contributed by atoms with Gasteiger partial charge < -0.3 is 10.1 Å². The van der Waals surface area contributed by atoms with E-state index in [0.717, 1.165) is 0 Å². The average molecular weight is 163 g/mol. The van der Waals surface area contributed by atoms with Crippen LogP contribution in [0.1, 0.15) is 10.5 Å². The van der Waals surface area contributed by atoms with Gasteiger partial charge in [-0.25, -0.2) is 4.79 Å². The molecule has 0 aromatic carbocycles. The van der Waals surface area contributed by atoms with Crippen LogP contribution in [0.2, 0.25) is 0 Å². The van der Waals surface area contributed by atoms with Crippen LogP contribution in [0.4, 0.5) is 0 Å². The van der Waals surface area contributed by atoms with Crippen LogP contribution >= 0.6 is 0 Å². The Bertz CT molecular complexity index is 396. The molecule has 0 aliphatic carbocycles. The molecule has 0 saturated carbocycles. The van der Waals surface area contributed by atoms with Crippen molar-refractivity contribution in [3.63, 3.8) is 0 Å². The van der Waals surface area contributed by atoms with E-state index in [2.05, 4.69) is 15.2 Å². The Hall–Kier alpha value is -1.91. The van der Waals surface area contributed by atoms with E-state index >= 15 is 0 Å². The van der Waals surface area contributed by atoms with Crippen LogP contribution in [0.3, 0.4) is 0 Å². The molecule has 2 aliphatic rings. The second-order valence-electron chi connectivity index (χ2n) is 2.32. The fourth-order valence-electron chi connectivity index (χ4n) is 0.962. The van der Waals surface area contributed by atoms with Gasteiger partial charge in [0.2, 0.25) is 0 Å². The minimum absolute atomic E-state index is 0.136. The zero-order valence-corrected chi connectivity index (χ0v) is 5.98. The van der Waals surface area contributed by atoms with Gasteiger partial charge in [0, 0.05) is 0 Å². The van der Waals surface area contributed by atoms with Crippen molar-refractivity contribution >= 4 is 5.97 Å². The molecule has 5 heteroatoms. The molecule has 0 amide bonds. The third-order valence-corrected chi connectivity index (χ3v) is 1.54. The summed E-state index contributed by atoms with van der Waals surface area (Å²) in [6.07, 6.45) is 1.49. The largest absolute Gasteiger partial charge is 0.477 e. The van der Waals surface area contributed by atoms with Crippen LogP contribution < -0.4 is 0 Å². The summed E-state index contributed by atoms with van der Waals surface area (Å²) in [5, 5.41) is 16.0. The first-order valence-corrected chi connectivity index (χ1v) is 3.31. The summed E-state index contributed by atoms with van der Waals surface area (Å²) in [4.78, 5) is 13.2. The summed E-state index contributed by atoms with van der Waals surface area (Å²) in [5.41, 5.74) is 1.44. The fourth-order valence-corrected chi connectivity index (χ4v) is 0.962. The van der Waals surface area contributed by atoms with Crippen LogP contribution in [-0.4, -0.2) is 26.3 Å². The predicted octanol–water partition coefficient (Wildman–Crippen LogP) is 0.608. The highest BCUT2D eigenvalue weighted by atomic mass is 16.4. The van der Waals surface area contributed by atoms with E-state index in [9.17, 15) is 4.79 Å². The number of H-pyrrole nitrogens is 1. The molecule has 0 saturated heterocycles. The van der Waals surface area contributed by atoms with E-state index < -0.39 is 5.97 Å². The van der Waals surface area contributed by atoms with Crippen LogP contribution in [0.25, 0.3) is 11.4 Å². The lowest BCUT2D eigenvalue weighted by Gasteiger charge is -1.97. The Morgan fingerprint density at radius 1 is 1.50 bits per heavy atom. The molecule has 2 N–H and O–H groups in total. The quantitative estimate of drug-likeness (QED) is 0.645. The lowest BCUT2D eigenvalue weighted by molar-refractivity contribution is 0.0690. The van der Waals surface area contributed by atoms with Crippen LogP contribution in [0.5, 0.6) is 0 Å². The van der Waals surface area contributed by atoms with Crippen molar-refractivity contribution in [1.82, 2.24) is 15.2 Å². The number of hydrogen-bond donors (Lipinski definition) is 2. The first-order valence-electron chi connectivity index (χ1n) is 3.31. The summed E-state index contributed by atoms with van der Waals surface area (Å²) >= 11 is 0. The zero-order chi connectivity index (χ0) is 8.55. The molecule has 0 fully saturated rings. The number of nitrogens with one attached hydrogen (secondary N) is 1. The number of nitrogens with zero attached hydrogens (tertiary/aromatic N) is 2. The third kappa shape index (κ3) is 0.914. The molecule has 5 nitrogen and oxygen atoms in total. The van der Waals surface area contributed by atoms with E-state index in [1.54, 1.807) is 6.07 Å². The standard InChI is InChI=1S/C7H5N3O2/c11-7(12)5-2-1-4-6(9-5)3-8-10-4/h1-3,9H,(H,11,12). The monoisotopic (exact) mass is 163 g/mol. The Morgan fingerprint density at radius 2 is 2.33 bits per heavy atom. The molecule has 2 heterocycles. The molecule has 0 atom stereocenters. The normalized spacial score (nSPS) is 10.3. The molecule has 0 radical (unpaired) electrons. The number of pyridine rings is 1. The smallest absolute Gasteiger partial charge is 0.352 e. The molecule has 0 bridgehead atoms. The maximum absolute atomic E-state index is 10.5. The van der Waals surface area contributed by atoms with Crippen LogP contribution in [-0.2, 0) is 0 Å². The van der Waals surface area contributed by atoms with Gasteiger partial charge in [-0.3, -0.25) is 0 Å². The maximum atomic E-state index is 10.5. The minimum Gasteiger partial charge on any atom is -0.477 e. The zero-order valence-electron chi connectivity index (χ0n) is 5.98. The molecule has 0 spiro atoms. The van der Waals surface area contributed by atoms with Crippen molar-refractivity contribution in [2.24, 2.45) is 0 Å². The number of fused-ring (bicyclic) bond motifs is 1. The number of carbonyl (C=O) groups is 1. The van der Waals surface area contributed by atoms with Crippen molar-refractivity contribution in [2.45, 2.75) is 0 Å². The number of carboxylic acid groups (broad SMARTS) is 1. The first-order chi connectivity index (χ1) is 5.77. The lowest BCUT2D eigenvalue weighted by Crippen LogP contribution is -2.00. The van der Waals surface area contributed by atoms with Gasteiger partial charge in [0.25, 0.3) is 0 Å². The Balaban J connectivity index is 2.62. The topological polar surface area (TPSA) is 78.9 Å². The summed E-state index contributed by atoms with van der Waals surface area (Å²) in [6, 6.07) is 3.07. The third-order valence-electron chi connectivity index (χ3n) is 1.54. The Kier molecular flexibility index (Phi) is 1.30. The van der Waals surface area contributed by atoms with Gasteiger partial charge >= 0.3 is 5.97 Å². The number of aromatic carboxylic acids is 1. The predicted molar refractivity (Wildman–Crippen MR) is 40.0 cm³/mol. The maximum Gasteiger partial charge on any atom is 0.352 e. The summed E-state index contributed by atoms with van der Waals surface area (Å²) < 4.78 is 0. The molecule has 12 heavy (non-hydrogen) atoms. The molecule has 2 aliphatic heterocycles. The van der Waals surface area contributed by atoms with E-state index in [0.29, 0.717) is 11.4 Å². The van der Waals surface area contributed by atoms with Gasteiger partial charge in [0.05, 0.1) is 11.9 Å². The van der Waals surface area contributed by atoms with Crippen molar-refractivity contribution in [1.29, 1.82) is 0 Å². The average Bonchev–Trinajstić information content (AvgIpc) is 2.49. The lowest BCUT2D eigenvalue weighted by atomic mass is 10.2. The van der Waals surface area contributed by atoms with E-state index in [1.165, 1.54) is 12.3 Å². The van der Waals surface area contributed by atoms with Gasteiger partial charge in [-0.1, -0.05) is 0 Å². The SMILES string of the molecule is O=C(O)c1ccc2nncc-2[nH]1.